The molecule has 96 valence electrons. The van der Waals surface area contributed by atoms with E-state index in [2.05, 4.69) is 20.7 Å². The Labute approximate surface area is 127 Å². The highest BCUT2D eigenvalue weighted by molar-refractivity contribution is 9.10. The van der Waals surface area contributed by atoms with Gasteiger partial charge in [0.2, 0.25) is 0 Å². The fourth-order valence-electron chi connectivity index (χ4n) is 1.22. The molecule has 0 fully saturated rings. The molecule has 1 aromatic carbocycles. The Bertz CT molecular complexity index is 685. The normalized spacial score (nSPS) is 11.5. The van der Waals surface area contributed by atoms with Gasteiger partial charge in [0.25, 0.3) is 10.0 Å². The van der Waals surface area contributed by atoms with Crippen LogP contribution in [-0.4, -0.2) is 8.42 Å². The van der Waals surface area contributed by atoms with Gasteiger partial charge in [0.15, 0.2) is 0 Å². The first kappa shape index (κ1) is 14.1. The SMILES string of the molecule is O=S(=O)(Nc1cccc(Cl)c1Br)c1ccc(Cl)s1. The molecule has 2 aromatic rings. The van der Waals surface area contributed by atoms with Gasteiger partial charge in [-0.15, -0.1) is 11.3 Å². The molecule has 1 N–H and O–H groups in total. The number of thiophene rings is 1. The van der Waals surface area contributed by atoms with Gasteiger partial charge in [-0.05, 0) is 40.2 Å². The van der Waals surface area contributed by atoms with E-state index in [4.69, 9.17) is 23.2 Å². The van der Waals surface area contributed by atoms with E-state index in [1.807, 2.05) is 0 Å². The smallest absolute Gasteiger partial charge is 0.271 e. The maximum absolute atomic E-state index is 12.1. The monoisotopic (exact) mass is 385 g/mol. The third kappa shape index (κ3) is 3.00. The number of benzene rings is 1. The second kappa shape index (κ2) is 5.38. The Balaban J connectivity index is 2.37. The lowest BCUT2D eigenvalue weighted by Gasteiger charge is -2.08. The van der Waals surface area contributed by atoms with E-state index in [-0.39, 0.29) is 4.21 Å². The number of sulfonamides is 1. The predicted molar refractivity (Wildman–Crippen MR) is 79.3 cm³/mol. The summed E-state index contributed by atoms with van der Waals surface area (Å²) < 4.78 is 27.6. The molecule has 0 aliphatic rings. The molecule has 18 heavy (non-hydrogen) atoms. The summed E-state index contributed by atoms with van der Waals surface area (Å²) in [4.78, 5) is 0. The van der Waals surface area contributed by atoms with Crippen molar-refractivity contribution in [2.75, 3.05) is 4.72 Å². The predicted octanol–water partition coefficient (Wildman–Crippen LogP) is 4.62. The summed E-state index contributed by atoms with van der Waals surface area (Å²) in [5.74, 6) is 0. The van der Waals surface area contributed by atoms with Gasteiger partial charge in [-0.25, -0.2) is 8.42 Å². The van der Waals surface area contributed by atoms with Crippen LogP contribution in [0.15, 0.2) is 39.0 Å². The summed E-state index contributed by atoms with van der Waals surface area (Å²) in [7, 11) is -3.64. The summed E-state index contributed by atoms with van der Waals surface area (Å²) in [6.45, 7) is 0. The largest absolute Gasteiger partial charge is 0.278 e. The van der Waals surface area contributed by atoms with Gasteiger partial charge in [-0.3, -0.25) is 4.72 Å². The minimum atomic E-state index is -3.64. The number of halogens is 3. The standard InChI is InChI=1S/C10H6BrCl2NO2S2/c11-10-6(12)2-1-3-7(10)14-18(15,16)9-5-4-8(13)17-9/h1-5,14H. The third-order valence-corrected chi connectivity index (χ3v) is 6.50. The molecular weight excluding hydrogens is 381 g/mol. The minimum absolute atomic E-state index is 0.152. The molecule has 0 saturated heterocycles. The van der Waals surface area contributed by atoms with E-state index in [0.717, 1.165) is 11.3 Å². The summed E-state index contributed by atoms with van der Waals surface area (Å²) >= 11 is 15.8. The second-order valence-electron chi connectivity index (χ2n) is 3.27. The molecule has 2 rings (SSSR count). The maximum Gasteiger partial charge on any atom is 0.271 e. The van der Waals surface area contributed by atoms with Crippen LogP contribution in [0.2, 0.25) is 9.36 Å². The van der Waals surface area contributed by atoms with Gasteiger partial charge in [0, 0.05) is 0 Å². The summed E-state index contributed by atoms with van der Waals surface area (Å²) in [5, 5.41) is 0.430. The van der Waals surface area contributed by atoms with E-state index in [9.17, 15) is 8.42 Å². The molecule has 0 atom stereocenters. The van der Waals surface area contributed by atoms with E-state index in [1.54, 1.807) is 18.2 Å². The highest BCUT2D eigenvalue weighted by atomic mass is 79.9. The fourth-order valence-corrected chi connectivity index (χ4v) is 4.44. The summed E-state index contributed by atoms with van der Waals surface area (Å²) in [6, 6.07) is 7.92. The molecule has 0 radical (unpaired) electrons. The second-order valence-corrected chi connectivity index (χ2v) is 8.09. The molecule has 0 saturated carbocycles. The van der Waals surface area contributed by atoms with Gasteiger partial charge in [0.1, 0.15) is 4.21 Å². The average Bonchev–Trinajstić information content (AvgIpc) is 2.72. The Morgan fingerprint density at radius 3 is 2.50 bits per heavy atom. The zero-order valence-corrected chi connectivity index (χ0v) is 13.4. The fraction of sp³-hybridized carbons (Fsp3) is 0. The zero-order chi connectivity index (χ0) is 13.3. The Morgan fingerprint density at radius 2 is 1.89 bits per heavy atom. The van der Waals surface area contributed by atoms with Crippen LogP contribution in [0.4, 0.5) is 5.69 Å². The van der Waals surface area contributed by atoms with Crippen LogP contribution < -0.4 is 4.72 Å². The lowest BCUT2D eigenvalue weighted by atomic mass is 10.3. The first-order chi connectivity index (χ1) is 8.40. The Hall–Kier alpha value is -0.270. The van der Waals surface area contributed by atoms with Crippen LogP contribution in [0.5, 0.6) is 0 Å². The molecule has 0 aliphatic carbocycles. The third-order valence-electron chi connectivity index (χ3n) is 2.01. The number of rotatable bonds is 3. The van der Waals surface area contributed by atoms with Crippen molar-refractivity contribution in [2.24, 2.45) is 0 Å². The molecule has 1 aromatic heterocycles. The molecule has 3 nitrogen and oxygen atoms in total. The summed E-state index contributed by atoms with van der Waals surface area (Å²) in [5.41, 5.74) is 0.382. The van der Waals surface area contributed by atoms with Crippen molar-refractivity contribution in [3.05, 3.63) is 44.2 Å². The van der Waals surface area contributed by atoms with Crippen molar-refractivity contribution in [2.45, 2.75) is 4.21 Å². The molecule has 0 aliphatic heterocycles. The van der Waals surface area contributed by atoms with Crippen LogP contribution >= 0.6 is 50.5 Å². The number of hydrogen-bond acceptors (Lipinski definition) is 3. The van der Waals surface area contributed by atoms with Crippen molar-refractivity contribution in [3.63, 3.8) is 0 Å². The first-order valence-electron chi connectivity index (χ1n) is 4.62. The van der Waals surface area contributed by atoms with Crippen molar-refractivity contribution < 1.29 is 8.42 Å². The van der Waals surface area contributed by atoms with Crippen molar-refractivity contribution in [1.82, 2.24) is 0 Å². The van der Waals surface area contributed by atoms with Gasteiger partial charge >= 0.3 is 0 Å². The average molecular weight is 387 g/mol. The number of hydrogen-bond donors (Lipinski definition) is 1. The molecule has 0 bridgehead atoms. The summed E-state index contributed by atoms with van der Waals surface area (Å²) in [6.07, 6.45) is 0. The highest BCUT2D eigenvalue weighted by Crippen LogP contribution is 2.33. The molecule has 1 heterocycles. The Kier molecular flexibility index (Phi) is 4.23. The van der Waals surface area contributed by atoms with Crippen molar-refractivity contribution >= 4 is 66.2 Å². The highest BCUT2D eigenvalue weighted by Gasteiger charge is 2.18. The van der Waals surface area contributed by atoms with Crippen molar-refractivity contribution in [3.8, 4) is 0 Å². The van der Waals surface area contributed by atoms with E-state index in [1.165, 1.54) is 12.1 Å². The van der Waals surface area contributed by atoms with Crippen LogP contribution in [0, 0.1) is 0 Å². The quantitative estimate of drug-likeness (QED) is 0.836. The first-order valence-corrected chi connectivity index (χ1v) is 8.47. The van der Waals surface area contributed by atoms with Crippen molar-refractivity contribution in [1.29, 1.82) is 0 Å². The molecular formula is C10H6BrCl2NO2S2. The van der Waals surface area contributed by atoms with Crippen LogP contribution in [0.3, 0.4) is 0 Å². The van der Waals surface area contributed by atoms with E-state index < -0.39 is 10.0 Å². The van der Waals surface area contributed by atoms with E-state index >= 15 is 0 Å². The van der Waals surface area contributed by atoms with Gasteiger partial charge < -0.3 is 0 Å². The van der Waals surface area contributed by atoms with E-state index in [0.29, 0.717) is 19.5 Å². The topological polar surface area (TPSA) is 46.2 Å². The molecule has 8 heteroatoms. The molecule has 0 spiro atoms. The van der Waals surface area contributed by atoms with Crippen LogP contribution in [-0.2, 0) is 10.0 Å². The zero-order valence-electron chi connectivity index (χ0n) is 8.65. The maximum atomic E-state index is 12.1. The van der Waals surface area contributed by atoms with Gasteiger partial charge in [-0.2, -0.15) is 0 Å². The van der Waals surface area contributed by atoms with Gasteiger partial charge in [-0.1, -0.05) is 29.3 Å². The molecule has 0 unspecified atom stereocenters. The van der Waals surface area contributed by atoms with Crippen LogP contribution in [0.1, 0.15) is 0 Å². The lowest BCUT2D eigenvalue weighted by Crippen LogP contribution is -2.11. The number of anilines is 1. The minimum Gasteiger partial charge on any atom is -0.278 e. The van der Waals surface area contributed by atoms with Crippen LogP contribution in [0.25, 0.3) is 0 Å². The lowest BCUT2D eigenvalue weighted by molar-refractivity contribution is 0.603. The Morgan fingerprint density at radius 1 is 1.17 bits per heavy atom. The number of nitrogens with one attached hydrogen (secondary N) is 1. The molecule has 0 amide bonds. The van der Waals surface area contributed by atoms with Gasteiger partial charge in [0.05, 0.1) is 19.5 Å².